The highest BCUT2D eigenvalue weighted by Crippen LogP contribution is 2.23. The summed E-state index contributed by atoms with van der Waals surface area (Å²) >= 11 is 0. The van der Waals surface area contributed by atoms with Crippen LogP contribution in [-0.2, 0) is 11.2 Å². The zero-order valence-corrected chi connectivity index (χ0v) is 14.1. The molecule has 0 aliphatic carbocycles. The fraction of sp³-hybridized carbons (Fsp3) is 0.688. The predicted octanol–water partition coefficient (Wildman–Crippen LogP) is 0.861. The number of nitrogens with two attached hydrogens (primary N) is 1. The Morgan fingerprint density at radius 3 is 2.74 bits per heavy atom. The number of rotatable bonds is 7. The standard InChI is InChI=1S/C16H26N4O3/c1-4-6-11-7-20(9-14(17)21)8-13(11)18-16(22)15-10(3)23-19-12(15)5-2/h11,13H,4-9H2,1-3H3,(H2,17,21)(H,18,22)/t11-,13-/m0/s1. The maximum absolute atomic E-state index is 12.6. The first kappa shape index (κ1) is 17.5. The number of primary amides is 1. The smallest absolute Gasteiger partial charge is 0.257 e. The second kappa shape index (κ2) is 7.59. The Balaban J connectivity index is 2.08. The number of carbonyl (C=O) groups is 2. The Bertz CT molecular complexity index is 570. The van der Waals surface area contributed by atoms with Crippen molar-refractivity contribution < 1.29 is 14.1 Å². The van der Waals surface area contributed by atoms with Crippen molar-refractivity contribution in [2.45, 2.75) is 46.1 Å². The molecule has 1 aliphatic heterocycles. The highest BCUT2D eigenvalue weighted by atomic mass is 16.5. The molecule has 0 unspecified atom stereocenters. The van der Waals surface area contributed by atoms with Crippen molar-refractivity contribution in [3.8, 4) is 0 Å². The van der Waals surface area contributed by atoms with E-state index < -0.39 is 0 Å². The topological polar surface area (TPSA) is 101 Å². The van der Waals surface area contributed by atoms with Gasteiger partial charge in [0.1, 0.15) is 11.3 Å². The Morgan fingerprint density at radius 2 is 2.13 bits per heavy atom. The van der Waals surface area contributed by atoms with E-state index in [1.165, 1.54) is 0 Å². The van der Waals surface area contributed by atoms with E-state index in [4.69, 9.17) is 10.3 Å². The molecule has 7 heteroatoms. The van der Waals surface area contributed by atoms with E-state index in [-0.39, 0.29) is 24.4 Å². The molecule has 0 bridgehead atoms. The number of hydrogen-bond donors (Lipinski definition) is 2. The van der Waals surface area contributed by atoms with Gasteiger partial charge in [-0.2, -0.15) is 0 Å². The van der Waals surface area contributed by atoms with Crippen molar-refractivity contribution in [2.24, 2.45) is 11.7 Å². The number of nitrogens with one attached hydrogen (secondary N) is 1. The van der Waals surface area contributed by atoms with Crippen LogP contribution in [0, 0.1) is 12.8 Å². The number of hydrogen-bond acceptors (Lipinski definition) is 5. The summed E-state index contributed by atoms with van der Waals surface area (Å²) in [4.78, 5) is 25.8. The van der Waals surface area contributed by atoms with Gasteiger partial charge in [-0.05, 0) is 25.7 Å². The minimum absolute atomic E-state index is 0.0146. The van der Waals surface area contributed by atoms with Gasteiger partial charge in [-0.1, -0.05) is 25.4 Å². The van der Waals surface area contributed by atoms with E-state index in [1.807, 2.05) is 11.8 Å². The lowest BCUT2D eigenvalue weighted by Gasteiger charge is -2.19. The van der Waals surface area contributed by atoms with Crippen LogP contribution in [0.1, 0.15) is 48.5 Å². The van der Waals surface area contributed by atoms with Crippen molar-refractivity contribution in [1.82, 2.24) is 15.4 Å². The van der Waals surface area contributed by atoms with Crippen LogP contribution in [0.15, 0.2) is 4.52 Å². The molecular weight excluding hydrogens is 296 g/mol. The lowest BCUT2D eigenvalue weighted by Crippen LogP contribution is -2.41. The van der Waals surface area contributed by atoms with Crippen molar-refractivity contribution in [3.63, 3.8) is 0 Å². The molecule has 1 saturated heterocycles. The second-order valence-corrected chi connectivity index (χ2v) is 6.20. The number of carbonyl (C=O) groups excluding carboxylic acids is 2. The highest BCUT2D eigenvalue weighted by molar-refractivity contribution is 5.96. The van der Waals surface area contributed by atoms with Crippen LogP contribution >= 0.6 is 0 Å². The maximum atomic E-state index is 12.6. The van der Waals surface area contributed by atoms with Crippen molar-refractivity contribution in [3.05, 3.63) is 17.0 Å². The average molecular weight is 322 g/mol. The van der Waals surface area contributed by atoms with E-state index in [2.05, 4.69) is 17.4 Å². The summed E-state index contributed by atoms with van der Waals surface area (Å²) in [5.41, 5.74) is 6.50. The highest BCUT2D eigenvalue weighted by Gasteiger charge is 2.34. The van der Waals surface area contributed by atoms with Crippen LogP contribution in [0.25, 0.3) is 0 Å². The van der Waals surface area contributed by atoms with Crippen LogP contribution in [0.3, 0.4) is 0 Å². The van der Waals surface area contributed by atoms with Gasteiger partial charge < -0.3 is 15.6 Å². The number of amides is 2. The van der Waals surface area contributed by atoms with Gasteiger partial charge in [-0.3, -0.25) is 14.5 Å². The first-order valence-electron chi connectivity index (χ1n) is 8.22. The van der Waals surface area contributed by atoms with Crippen LogP contribution in [0.2, 0.25) is 0 Å². The minimum atomic E-state index is -0.338. The summed E-state index contributed by atoms with van der Waals surface area (Å²) in [5, 5.41) is 7.03. The van der Waals surface area contributed by atoms with Gasteiger partial charge in [0.25, 0.3) is 5.91 Å². The molecule has 2 atom stereocenters. The molecule has 3 N–H and O–H groups in total. The number of aryl methyl sites for hydroxylation is 2. The fourth-order valence-corrected chi connectivity index (χ4v) is 3.33. The molecule has 1 aliphatic rings. The van der Waals surface area contributed by atoms with Crippen molar-refractivity contribution in [1.29, 1.82) is 0 Å². The Kier molecular flexibility index (Phi) is 5.76. The van der Waals surface area contributed by atoms with Crippen molar-refractivity contribution >= 4 is 11.8 Å². The Morgan fingerprint density at radius 1 is 1.39 bits per heavy atom. The summed E-state index contributed by atoms with van der Waals surface area (Å²) in [5.74, 6) is 0.384. The second-order valence-electron chi connectivity index (χ2n) is 6.20. The molecule has 1 fully saturated rings. The van der Waals surface area contributed by atoms with Gasteiger partial charge in [0.2, 0.25) is 5.91 Å². The van der Waals surface area contributed by atoms with Crippen LogP contribution in [-0.4, -0.2) is 47.5 Å². The van der Waals surface area contributed by atoms with Crippen LogP contribution in [0.4, 0.5) is 0 Å². The number of nitrogens with zero attached hydrogens (tertiary/aromatic N) is 2. The minimum Gasteiger partial charge on any atom is -0.369 e. The van der Waals surface area contributed by atoms with Gasteiger partial charge in [-0.15, -0.1) is 0 Å². The summed E-state index contributed by atoms with van der Waals surface area (Å²) in [6.45, 7) is 7.47. The third-order valence-corrected chi connectivity index (χ3v) is 4.37. The molecule has 0 spiro atoms. The molecule has 0 radical (unpaired) electrons. The van der Waals surface area contributed by atoms with Gasteiger partial charge >= 0.3 is 0 Å². The maximum Gasteiger partial charge on any atom is 0.257 e. The number of likely N-dealkylation sites (tertiary alicyclic amines) is 1. The third-order valence-electron chi connectivity index (χ3n) is 4.37. The predicted molar refractivity (Wildman–Crippen MR) is 85.9 cm³/mol. The number of aromatic nitrogens is 1. The normalized spacial score (nSPS) is 21.5. The van der Waals surface area contributed by atoms with Crippen LogP contribution in [0.5, 0.6) is 0 Å². The first-order valence-corrected chi connectivity index (χ1v) is 8.22. The molecule has 2 heterocycles. The van der Waals surface area contributed by atoms with E-state index in [0.717, 1.165) is 19.4 Å². The fourth-order valence-electron chi connectivity index (χ4n) is 3.33. The molecule has 128 valence electrons. The molecule has 1 aromatic heterocycles. The van der Waals surface area contributed by atoms with Gasteiger partial charge in [0, 0.05) is 19.1 Å². The molecule has 1 aromatic rings. The molecule has 7 nitrogen and oxygen atoms in total. The molecule has 2 amide bonds. The first-order chi connectivity index (χ1) is 11.0. The SMILES string of the molecule is CCC[C@H]1CN(CC(N)=O)C[C@@H]1NC(=O)c1c(CC)noc1C. The monoisotopic (exact) mass is 322 g/mol. The Hall–Kier alpha value is -1.89. The Labute approximate surface area is 136 Å². The van der Waals surface area contributed by atoms with Crippen LogP contribution < -0.4 is 11.1 Å². The molecule has 23 heavy (non-hydrogen) atoms. The zero-order chi connectivity index (χ0) is 17.0. The third kappa shape index (κ3) is 4.10. The lowest BCUT2D eigenvalue weighted by molar-refractivity contribution is -0.118. The van der Waals surface area contributed by atoms with E-state index >= 15 is 0 Å². The van der Waals surface area contributed by atoms with Gasteiger partial charge in [-0.25, -0.2) is 0 Å². The molecular formula is C16H26N4O3. The van der Waals surface area contributed by atoms with E-state index in [9.17, 15) is 9.59 Å². The largest absolute Gasteiger partial charge is 0.369 e. The van der Waals surface area contributed by atoms with Gasteiger partial charge in [0.15, 0.2) is 0 Å². The quantitative estimate of drug-likeness (QED) is 0.775. The summed E-state index contributed by atoms with van der Waals surface area (Å²) in [6.07, 6.45) is 2.69. The summed E-state index contributed by atoms with van der Waals surface area (Å²) < 4.78 is 5.14. The summed E-state index contributed by atoms with van der Waals surface area (Å²) in [6, 6.07) is 0.0146. The van der Waals surface area contributed by atoms with Crippen molar-refractivity contribution in [2.75, 3.05) is 19.6 Å². The average Bonchev–Trinajstić information content (AvgIpc) is 3.02. The summed E-state index contributed by atoms with van der Waals surface area (Å²) in [7, 11) is 0. The zero-order valence-electron chi connectivity index (χ0n) is 14.1. The molecule has 0 saturated carbocycles. The molecule has 2 rings (SSSR count). The van der Waals surface area contributed by atoms with Gasteiger partial charge in [0.05, 0.1) is 12.2 Å². The lowest BCUT2D eigenvalue weighted by atomic mass is 9.98. The van der Waals surface area contributed by atoms with E-state index in [0.29, 0.717) is 35.9 Å². The van der Waals surface area contributed by atoms with E-state index in [1.54, 1.807) is 6.92 Å². The molecule has 0 aromatic carbocycles.